The fourth-order valence-corrected chi connectivity index (χ4v) is 10.8. The first-order valence-electron chi connectivity index (χ1n) is 14.8. The number of aryl methyl sites for hydroxylation is 1. The maximum atomic E-state index is 13.7. The first-order valence-corrected chi connectivity index (χ1v) is 16.5. The number of carboxylic acid groups (broad SMARTS) is 1. The molecule has 1 saturated heterocycles. The molecule has 7 rings (SSSR count). The maximum absolute atomic E-state index is 13.7. The van der Waals surface area contributed by atoms with Gasteiger partial charge in [0.05, 0.1) is 16.9 Å². The minimum atomic E-state index is -0.955. The lowest BCUT2D eigenvalue weighted by Gasteiger charge is -2.43. The number of aliphatic carboxylic acids is 1. The van der Waals surface area contributed by atoms with Crippen molar-refractivity contribution in [1.29, 1.82) is 0 Å². The van der Waals surface area contributed by atoms with E-state index in [0.717, 1.165) is 38.8 Å². The van der Waals surface area contributed by atoms with Crippen molar-refractivity contribution in [2.75, 3.05) is 18.5 Å². The molecule has 2 saturated carbocycles. The van der Waals surface area contributed by atoms with Gasteiger partial charge in [0.25, 0.3) is 5.91 Å². The molecule has 7 atom stereocenters. The smallest absolute Gasteiger partial charge is 0.305 e. The molecule has 3 fully saturated rings. The number of carbonyl (C=O) groups is 4. The second-order valence-electron chi connectivity index (χ2n) is 12.0. The molecule has 1 aromatic heterocycles. The van der Waals surface area contributed by atoms with Crippen LogP contribution in [0.25, 0.3) is 0 Å². The number of H-pyrrole nitrogens is 1. The fraction of sp³-hybridized carbons (Fsp3) is 0.406. The number of aromatic amines is 1. The molecule has 3 aromatic rings. The third-order valence-corrected chi connectivity index (χ3v) is 12.1. The van der Waals surface area contributed by atoms with Gasteiger partial charge in [0.1, 0.15) is 5.75 Å². The Morgan fingerprint density at radius 1 is 1.07 bits per heavy atom. The van der Waals surface area contributed by atoms with Crippen LogP contribution in [0.3, 0.4) is 0 Å². The van der Waals surface area contributed by atoms with Crippen LogP contribution in [0.5, 0.6) is 5.75 Å². The summed E-state index contributed by atoms with van der Waals surface area (Å²) in [6, 6.07) is 15.1. The second-order valence-corrected chi connectivity index (χ2v) is 14.2. The van der Waals surface area contributed by atoms with Crippen molar-refractivity contribution in [3.63, 3.8) is 0 Å². The number of carboxylic acids is 1. The molecule has 10 nitrogen and oxygen atoms in total. The predicted molar refractivity (Wildman–Crippen MR) is 164 cm³/mol. The fourth-order valence-electron chi connectivity index (χ4n) is 7.97. The number of thioether (sulfide) groups is 1. The summed E-state index contributed by atoms with van der Waals surface area (Å²) in [7, 11) is 0. The lowest BCUT2D eigenvalue weighted by atomic mass is 9.68. The van der Waals surface area contributed by atoms with Crippen LogP contribution in [-0.4, -0.2) is 57.1 Å². The summed E-state index contributed by atoms with van der Waals surface area (Å²) in [5.74, 6) is -2.36. The van der Waals surface area contributed by atoms with E-state index in [2.05, 4.69) is 10.3 Å². The van der Waals surface area contributed by atoms with Crippen molar-refractivity contribution in [2.45, 2.75) is 42.4 Å². The van der Waals surface area contributed by atoms with Crippen molar-refractivity contribution in [1.82, 2.24) is 9.88 Å². The van der Waals surface area contributed by atoms with Gasteiger partial charge in [0, 0.05) is 40.3 Å². The van der Waals surface area contributed by atoms with E-state index >= 15 is 0 Å². The van der Waals surface area contributed by atoms with Crippen LogP contribution in [-0.2, 0) is 19.2 Å². The highest BCUT2D eigenvalue weighted by atomic mass is 32.2. The number of hydrogen-bond donors (Lipinski definition) is 3. The van der Waals surface area contributed by atoms with E-state index in [-0.39, 0.29) is 77.5 Å². The first-order chi connectivity index (χ1) is 21.2. The SMILES string of the molecule is Cc1cccc(NC(=O)COc2ccccc2[C@H]2c3sc(=O)[nH]c3SC3C4CC(C5C(=O)N(CCCC(=O)O)C(=O)C45)C32)c1. The Morgan fingerprint density at radius 2 is 1.84 bits per heavy atom. The maximum Gasteiger partial charge on any atom is 0.305 e. The third-order valence-electron chi connectivity index (χ3n) is 9.50. The molecule has 3 N–H and O–H groups in total. The predicted octanol–water partition coefficient (Wildman–Crippen LogP) is 4.10. The van der Waals surface area contributed by atoms with Gasteiger partial charge in [-0.1, -0.05) is 41.7 Å². The molecular weight excluding hydrogens is 603 g/mol. The largest absolute Gasteiger partial charge is 0.483 e. The van der Waals surface area contributed by atoms with E-state index in [0.29, 0.717) is 11.4 Å². The Kier molecular flexibility index (Phi) is 7.36. The van der Waals surface area contributed by atoms with E-state index in [1.165, 1.54) is 4.90 Å². The number of likely N-dealkylation sites (tertiary alicyclic amines) is 1. The molecule has 0 spiro atoms. The monoisotopic (exact) mass is 633 g/mol. The number of aromatic nitrogens is 1. The van der Waals surface area contributed by atoms with Crippen LogP contribution in [0, 0.1) is 36.5 Å². The number of benzene rings is 2. The summed E-state index contributed by atoms with van der Waals surface area (Å²) < 4.78 is 6.13. The average molecular weight is 634 g/mol. The van der Waals surface area contributed by atoms with Crippen LogP contribution in [0.2, 0.25) is 0 Å². The summed E-state index contributed by atoms with van der Waals surface area (Å²) in [4.78, 5) is 68.7. The molecule has 44 heavy (non-hydrogen) atoms. The van der Waals surface area contributed by atoms with E-state index in [1.807, 2.05) is 55.5 Å². The molecule has 0 radical (unpaired) electrons. The number of fused-ring (bicyclic) bond motifs is 9. The van der Waals surface area contributed by atoms with Crippen LogP contribution >= 0.6 is 23.1 Å². The molecule has 2 aliphatic heterocycles. The van der Waals surface area contributed by atoms with Gasteiger partial charge >= 0.3 is 10.8 Å². The normalized spacial score (nSPS) is 28.0. The number of rotatable bonds is 9. The van der Waals surface area contributed by atoms with Gasteiger partial charge in [-0.05, 0) is 61.3 Å². The van der Waals surface area contributed by atoms with Gasteiger partial charge in [-0.2, -0.15) is 0 Å². The molecular formula is C32H31N3O7S2. The zero-order valence-electron chi connectivity index (χ0n) is 23.9. The minimum Gasteiger partial charge on any atom is -0.483 e. The Bertz CT molecular complexity index is 1730. The van der Waals surface area contributed by atoms with Gasteiger partial charge in [0.15, 0.2) is 6.61 Å². The number of ether oxygens (including phenoxy) is 1. The Labute approximate surface area is 261 Å². The number of anilines is 1. The zero-order chi connectivity index (χ0) is 30.7. The number of carbonyl (C=O) groups excluding carboxylic acids is 3. The van der Waals surface area contributed by atoms with Gasteiger partial charge in [-0.25, -0.2) is 0 Å². The third kappa shape index (κ3) is 4.84. The molecule has 2 bridgehead atoms. The zero-order valence-corrected chi connectivity index (χ0v) is 25.5. The first kappa shape index (κ1) is 28.8. The lowest BCUT2D eigenvalue weighted by Crippen LogP contribution is -2.42. The van der Waals surface area contributed by atoms with Crippen LogP contribution in [0.4, 0.5) is 5.69 Å². The van der Waals surface area contributed by atoms with E-state index in [4.69, 9.17) is 9.84 Å². The molecule has 228 valence electrons. The quantitative estimate of drug-likeness (QED) is 0.299. The summed E-state index contributed by atoms with van der Waals surface area (Å²) in [5.41, 5.74) is 2.56. The Hall–Kier alpha value is -3.90. The highest BCUT2D eigenvalue weighted by Crippen LogP contribution is 2.69. The van der Waals surface area contributed by atoms with Gasteiger partial charge in [0.2, 0.25) is 11.8 Å². The van der Waals surface area contributed by atoms with Gasteiger partial charge in [-0.3, -0.25) is 28.9 Å². The molecule has 2 aliphatic carbocycles. The number of nitrogens with one attached hydrogen (secondary N) is 2. The minimum absolute atomic E-state index is 0.0115. The van der Waals surface area contributed by atoms with E-state index in [9.17, 15) is 24.0 Å². The van der Waals surface area contributed by atoms with E-state index in [1.54, 1.807) is 11.8 Å². The van der Waals surface area contributed by atoms with E-state index < -0.39 is 17.8 Å². The van der Waals surface area contributed by atoms with Crippen LogP contribution in [0.15, 0.2) is 58.4 Å². The highest BCUT2D eigenvalue weighted by Gasteiger charge is 2.69. The highest BCUT2D eigenvalue weighted by molar-refractivity contribution is 8.00. The number of thiazole rings is 1. The standard InChI is InChI=1S/C32H31N3O7S2/c1-15-6-4-7-16(12-15)33-21(36)14-42-20-9-3-2-8-17(20)23-24-18-13-19(27(24)43-29-28(23)44-32(41)34-29)26-25(18)30(39)35(31(26)40)11-5-10-22(37)38/h2-4,6-9,12,18-19,23-27H,5,10-11,13-14H2,1H3,(H,33,36)(H,34,41)(H,37,38)/t18?,19?,23-,24?,25?,26?,27?/m1/s1. The summed E-state index contributed by atoms with van der Waals surface area (Å²) in [5, 5.41) is 12.7. The average Bonchev–Trinajstić information content (AvgIpc) is 3.72. The number of para-hydroxylation sites is 1. The van der Waals surface area contributed by atoms with Crippen molar-refractivity contribution < 1.29 is 29.0 Å². The molecule has 12 heteroatoms. The van der Waals surface area contributed by atoms with Crippen LogP contribution < -0.4 is 14.9 Å². The molecule has 3 heterocycles. The Morgan fingerprint density at radius 3 is 2.61 bits per heavy atom. The van der Waals surface area contributed by atoms with Crippen LogP contribution in [0.1, 0.15) is 41.2 Å². The van der Waals surface area contributed by atoms with Crippen molar-refractivity contribution in [3.05, 3.63) is 74.2 Å². The topological polar surface area (TPSA) is 146 Å². The van der Waals surface area contributed by atoms with Gasteiger partial charge in [-0.15, -0.1) is 11.8 Å². The van der Waals surface area contributed by atoms with Crippen molar-refractivity contribution in [2.24, 2.45) is 29.6 Å². The number of imide groups is 1. The second kappa shape index (κ2) is 11.2. The van der Waals surface area contributed by atoms with Crippen molar-refractivity contribution in [3.8, 4) is 5.75 Å². The summed E-state index contributed by atoms with van der Waals surface area (Å²) in [6.45, 7) is 1.86. The Balaban J connectivity index is 1.18. The number of nitrogens with zero attached hydrogens (tertiary/aromatic N) is 1. The molecule has 6 unspecified atom stereocenters. The summed E-state index contributed by atoms with van der Waals surface area (Å²) in [6.07, 6.45) is 0.873. The molecule has 2 aromatic carbocycles. The number of amides is 3. The molecule has 3 amide bonds. The lowest BCUT2D eigenvalue weighted by molar-refractivity contribution is -0.142. The molecule has 4 aliphatic rings. The summed E-state index contributed by atoms with van der Waals surface area (Å²) >= 11 is 2.76. The number of hydrogen-bond acceptors (Lipinski definition) is 8. The van der Waals surface area contributed by atoms with Gasteiger partial charge < -0.3 is 20.1 Å². The van der Waals surface area contributed by atoms with Crippen molar-refractivity contribution >= 4 is 52.5 Å².